The van der Waals surface area contributed by atoms with Crippen LogP contribution in [-0.4, -0.2) is 26.8 Å². The Balaban J connectivity index is 0.00000225. The van der Waals surface area contributed by atoms with Gasteiger partial charge in [-0.25, -0.2) is 10.2 Å². The molecule has 0 saturated carbocycles. The van der Waals surface area contributed by atoms with Crippen molar-refractivity contribution in [1.29, 1.82) is 0 Å². The number of hydrogen-bond acceptors (Lipinski definition) is 5. The summed E-state index contributed by atoms with van der Waals surface area (Å²) in [6.07, 6.45) is 0. The van der Waals surface area contributed by atoms with E-state index in [1.165, 1.54) is 19.1 Å². The normalized spacial score (nSPS) is 13.6. The molecule has 0 aliphatic carbocycles. The zero-order valence-corrected chi connectivity index (χ0v) is 8.56. The van der Waals surface area contributed by atoms with Crippen LogP contribution < -0.4 is 11.3 Å². The summed E-state index contributed by atoms with van der Waals surface area (Å²) in [5, 5.41) is 27.3. The molecular formula is C9H14N2O5. The number of phenolic OH excluding ortho intramolecular Hbond substituents is 2. The number of hydrazine groups is 1. The minimum absolute atomic E-state index is 0. The molecule has 1 aromatic rings. The maximum absolute atomic E-state index is 11.0. The smallest absolute Gasteiger partial charge is 0.329 e. The van der Waals surface area contributed by atoms with E-state index in [0.717, 1.165) is 6.07 Å². The van der Waals surface area contributed by atoms with E-state index in [9.17, 15) is 9.90 Å². The molecule has 7 heteroatoms. The Bertz CT molecular complexity index is 395. The fraction of sp³-hybridized carbons (Fsp3) is 0.222. The second kappa shape index (κ2) is 4.79. The fourth-order valence-electron chi connectivity index (χ4n) is 1.10. The molecule has 0 fully saturated rings. The van der Waals surface area contributed by atoms with Crippen LogP contribution in [0.1, 0.15) is 12.5 Å². The molecule has 1 atom stereocenters. The Labute approximate surface area is 91.4 Å². The number of carboxylic acids is 1. The number of aliphatic carboxylic acids is 1. The highest BCUT2D eigenvalue weighted by atomic mass is 16.4. The van der Waals surface area contributed by atoms with Crippen molar-refractivity contribution in [2.24, 2.45) is 5.84 Å². The van der Waals surface area contributed by atoms with Gasteiger partial charge in [0, 0.05) is 0 Å². The summed E-state index contributed by atoms with van der Waals surface area (Å²) in [6.45, 7) is 1.35. The van der Waals surface area contributed by atoms with Crippen LogP contribution in [-0.2, 0) is 10.3 Å². The summed E-state index contributed by atoms with van der Waals surface area (Å²) in [4.78, 5) is 11.0. The van der Waals surface area contributed by atoms with Gasteiger partial charge in [-0.05, 0) is 24.6 Å². The monoisotopic (exact) mass is 230 g/mol. The summed E-state index contributed by atoms with van der Waals surface area (Å²) in [7, 11) is 0. The third-order valence-corrected chi connectivity index (χ3v) is 2.27. The van der Waals surface area contributed by atoms with E-state index in [1.54, 1.807) is 0 Å². The summed E-state index contributed by atoms with van der Waals surface area (Å²) >= 11 is 0. The van der Waals surface area contributed by atoms with Crippen LogP contribution in [0.4, 0.5) is 0 Å². The van der Waals surface area contributed by atoms with Gasteiger partial charge in [-0.1, -0.05) is 6.07 Å². The first-order chi connectivity index (χ1) is 6.91. The summed E-state index contributed by atoms with van der Waals surface area (Å²) in [6, 6.07) is 3.70. The third-order valence-electron chi connectivity index (χ3n) is 2.27. The molecule has 0 bridgehead atoms. The lowest BCUT2D eigenvalue weighted by Gasteiger charge is -2.24. The van der Waals surface area contributed by atoms with E-state index < -0.39 is 17.3 Å². The second-order valence-electron chi connectivity index (χ2n) is 3.28. The molecule has 0 amide bonds. The molecule has 0 spiro atoms. The standard InChI is InChI=1S/C9H12N2O4.H2O/c1-9(11-10,8(14)15)5-2-3-6(12)7(13)4-5;/h2-4,11-13H,10H2,1H3,(H,14,15);1H2. The largest absolute Gasteiger partial charge is 0.504 e. The molecule has 0 radical (unpaired) electrons. The van der Waals surface area contributed by atoms with Gasteiger partial charge in [0.2, 0.25) is 0 Å². The Morgan fingerprint density at radius 1 is 1.38 bits per heavy atom. The molecule has 0 aromatic heterocycles. The summed E-state index contributed by atoms with van der Waals surface area (Å²) in [5.74, 6) is 3.26. The van der Waals surface area contributed by atoms with Crippen molar-refractivity contribution >= 4 is 5.97 Å². The number of carboxylic acid groups (broad SMARTS) is 1. The predicted octanol–water partition coefficient (Wildman–Crippen LogP) is -0.964. The van der Waals surface area contributed by atoms with Crippen LogP contribution in [0.5, 0.6) is 11.5 Å². The Morgan fingerprint density at radius 3 is 2.31 bits per heavy atom. The SMILES string of the molecule is CC(NN)(C(=O)O)c1ccc(O)c(O)c1.O. The maximum atomic E-state index is 11.0. The van der Waals surface area contributed by atoms with Gasteiger partial charge < -0.3 is 20.8 Å². The minimum Gasteiger partial charge on any atom is -0.504 e. The highest BCUT2D eigenvalue weighted by Gasteiger charge is 2.34. The lowest BCUT2D eigenvalue weighted by molar-refractivity contribution is -0.144. The zero-order chi connectivity index (χ0) is 11.6. The first-order valence-corrected chi connectivity index (χ1v) is 4.15. The average molecular weight is 230 g/mol. The Hall–Kier alpha value is -1.83. The van der Waals surface area contributed by atoms with E-state index in [1.807, 2.05) is 0 Å². The summed E-state index contributed by atoms with van der Waals surface area (Å²) in [5.41, 5.74) is 0.883. The molecule has 0 saturated heterocycles. The number of nitrogens with two attached hydrogens (primary N) is 1. The van der Waals surface area contributed by atoms with Crippen LogP contribution in [0, 0.1) is 0 Å². The average Bonchev–Trinajstić information content (AvgIpc) is 2.20. The van der Waals surface area contributed by atoms with Gasteiger partial charge in [0.05, 0.1) is 0 Å². The van der Waals surface area contributed by atoms with Crippen LogP contribution >= 0.6 is 0 Å². The minimum atomic E-state index is -1.51. The molecule has 16 heavy (non-hydrogen) atoms. The maximum Gasteiger partial charge on any atom is 0.329 e. The van der Waals surface area contributed by atoms with Crippen LogP contribution in [0.15, 0.2) is 18.2 Å². The van der Waals surface area contributed by atoms with Gasteiger partial charge in [0.25, 0.3) is 0 Å². The molecule has 1 rings (SSSR count). The fourth-order valence-corrected chi connectivity index (χ4v) is 1.10. The molecule has 0 heterocycles. The van der Waals surface area contributed by atoms with Gasteiger partial charge in [-0.15, -0.1) is 0 Å². The van der Waals surface area contributed by atoms with Gasteiger partial charge >= 0.3 is 5.97 Å². The van der Waals surface area contributed by atoms with E-state index in [4.69, 9.17) is 16.1 Å². The molecule has 7 nitrogen and oxygen atoms in total. The molecule has 1 unspecified atom stereocenters. The molecule has 1 aromatic carbocycles. The van der Waals surface area contributed by atoms with Crippen molar-refractivity contribution in [3.05, 3.63) is 23.8 Å². The van der Waals surface area contributed by atoms with E-state index in [-0.39, 0.29) is 16.8 Å². The highest BCUT2D eigenvalue weighted by molar-refractivity contribution is 5.80. The lowest BCUT2D eigenvalue weighted by atomic mass is 9.92. The first-order valence-electron chi connectivity index (χ1n) is 4.15. The van der Waals surface area contributed by atoms with Crippen molar-refractivity contribution in [1.82, 2.24) is 5.43 Å². The number of aromatic hydroxyl groups is 2. The van der Waals surface area contributed by atoms with Crippen molar-refractivity contribution < 1.29 is 25.6 Å². The van der Waals surface area contributed by atoms with Crippen molar-refractivity contribution in [2.75, 3.05) is 0 Å². The van der Waals surface area contributed by atoms with E-state index in [2.05, 4.69) is 5.43 Å². The highest BCUT2D eigenvalue weighted by Crippen LogP contribution is 2.30. The number of carbonyl (C=O) groups is 1. The molecular weight excluding hydrogens is 216 g/mol. The second-order valence-corrected chi connectivity index (χ2v) is 3.28. The molecule has 90 valence electrons. The Morgan fingerprint density at radius 2 is 1.94 bits per heavy atom. The number of benzene rings is 1. The van der Waals surface area contributed by atoms with E-state index in [0.29, 0.717) is 0 Å². The Kier molecular flexibility index (Phi) is 4.25. The predicted molar refractivity (Wildman–Crippen MR) is 55.7 cm³/mol. The number of phenols is 2. The summed E-state index contributed by atoms with van der Waals surface area (Å²) < 4.78 is 0. The quantitative estimate of drug-likeness (QED) is 0.256. The first kappa shape index (κ1) is 14.2. The van der Waals surface area contributed by atoms with Gasteiger partial charge in [0.15, 0.2) is 17.0 Å². The van der Waals surface area contributed by atoms with Crippen LogP contribution in [0.3, 0.4) is 0 Å². The molecule has 0 aliphatic rings. The van der Waals surface area contributed by atoms with Gasteiger partial charge in [0.1, 0.15) is 0 Å². The van der Waals surface area contributed by atoms with Crippen LogP contribution in [0.2, 0.25) is 0 Å². The van der Waals surface area contributed by atoms with Crippen molar-refractivity contribution in [3.8, 4) is 11.5 Å². The number of nitrogens with one attached hydrogen (secondary N) is 1. The lowest BCUT2D eigenvalue weighted by Crippen LogP contribution is -2.50. The van der Waals surface area contributed by atoms with Crippen LogP contribution in [0.25, 0.3) is 0 Å². The third kappa shape index (κ3) is 2.22. The van der Waals surface area contributed by atoms with Gasteiger partial charge in [-0.3, -0.25) is 5.84 Å². The molecule has 0 aliphatic heterocycles. The van der Waals surface area contributed by atoms with Crippen molar-refractivity contribution in [2.45, 2.75) is 12.5 Å². The number of hydrogen-bond donors (Lipinski definition) is 5. The van der Waals surface area contributed by atoms with E-state index >= 15 is 0 Å². The van der Waals surface area contributed by atoms with Crippen molar-refractivity contribution in [3.63, 3.8) is 0 Å². The molecule has 8 N–H and O–H groups in total. The van der Waals surface area contributed by atoms with Gasteiger partial charge in [-0.2, -0.15) is 0 Å². The topological polar surface area (TPSA) is 147 Å². The zero-order valence-electron chi connectivity index (χ0n) is 8.56. The number of rotatable bonds is 3.